The summed E-state index contributed by atoms with van der Waals surface area (Å²) in [6.45, 7) is 1.44. The molecule has 1 saturated heterocycles. The molecule has 0 saturated carbocycles. The van der Waals surface area contributed by atoms with Crippen LogP contribution in [0, 0.1) is 0 Å². The number of rotatable bonds is 1. The maximum absolute atomic E-state index is 10.7. The Bertz CT molecular complexity index is 170. The first-order chi connectivity index (χ1) is 5.04. The maximum Gasteiger partial charge on any atom is 0.252 e. The predicted octanol–water partition coefficient (Wildman–Crippen LogP) is -2.41. The Kier molecular flexibility index (Phi) is 2.12. The summed E-state index contributed by atoms with van der Waals surface area (Å²) < 4.78 is 0. The second kappa shape index (κ2) is 2.77. The molecular formula is C6H11NO4. The van der Waals surface area contributed by atoms with Gasteiger partial charge in [-0.25, -0.2) is 0 Å². The van der Waals surface area contributed by atoms with Gasteiger partial charge in [0.25, 0.3) is 5.91 Å². The van der Waals surface area contributed by atoms with Gasteiger partial charge in [-0.15, -0.1) is 0 Å². The van der Waals surface area contributed by atoms with Gasteiger partial charge in [0.15, 0.2) is 6.10 Å². The van der Waals surface area contributed by atoms with Crippen LogP contribution in [0.15, 0.2) is 0 Å². The monoisotopic (exact) mass is 161 g/mol. The standard InChI is InChI=1S/C6H11NO4/c1-2(8)3-4(9)5(10)6(11)7-3/h2-5,8-10H,1H3,(H,7,11)/t2-,3+,4+,5+/m0/s1. The molecule has 0 aromatic carbocycles. The highest BCUT2D eigenvalue weighted by molar-refractivity contribution is 5.84. The lowest BCUT2D eigenvalue weighted by molar-refractivity contribution is -0.128. The van der Waals surface area contributed by atoms with Crippen molar-refractivity contribution in [2.45, 2.75) is 31.3 Å². The van der Waals surface area contributed by atoms with Crippen LogP contribution >= 0.6 is 0 Å². The fourth-order valence-electron chi connectivity index (χ4n) is 1.09. The fourth-order valence-corrected chi connectivity index (χ4v) is 1.09. The topological polar surface area (TPSA) is 89.8 Å². The van der Waals surface area contributed by atoms with E-state index in [9.17, 15) is 4.79 Å². The van der Waals surface area contributed by atoms with Gasteiger partial charge in [0, 0.05) is 0 Å². The van der Waals surface area contributed by atoms with Crippen molar-refractivity contribution >= 4 is 5.91 Å². The average molecular weight is 161 g/mol. The van der Waals surface area contributed by atoms with E-state index < -0.39 is 30.3 Å². The van der Waals surface area contributed by atoms with Crippen LogP contribution in [-0.2, 0) is 4.79 Å². The highest BCUT2D eigenvalue weighted by Gasteiger charge is 2.41. The second-order valence-corrected chi connectivity index (χ2v) is 2.71. The zero-order chi connectivity index (χ0) is 8.59. The zero-order valence-electron chi connectivity index (χ0n) is 6.06. The summed E-state index contributed by atoms with van der Waals surface area (Å²) >= 11 is 0. The summed E-state index contributed by atoms with van der Waals surface area (Å²) in [7, 11) is 0. The maximum atomic E-state index is 10.7. The molecule has 0 aromatic rings. The largest absolute Gasteiger partial charge is 0.391 e. The van der Waals surface area contributed by atoms with Crippen LogP contribution in [0.1, 0.15) is 6.92 Å². The van der Waals surface area contributed by atoms with Crippen LogP contribution in [0.2, 0.25) is 0 Å². The van der Waals surface area contributed by atoms with E-state index in [1.165, 1.54) is 6.92 Å². The van der Waals surface area contributed by atoms with E-state index in [1.807, 2.05) is 0 Å². The number of aliphatic hydroxyl groups is 3. The van der Waals surface area contributed by atoms with Crippen LogP contribution in [0.5, 0.6) is 0 Å². The minimum Gasteiger partial charge on any atom is -0.391 e. The van der Waals surface area contributed by atoms with Gasteiger partial charge in [-0.05, 0) is 6.92 Å². The molecular weight excluding hydrogens is 150 g/mol. The number of carbonyl (C=O) groups excluding carboxylic acids is 1. The first-order valence-corrected chi connectivity index (χ1v) is 3.38. The van der Waals surface area contributed by atoms with E-state index in [4.69, 9.17) is 15.3 Å². The Morgan fingerprint density at radius 3 is 2.27 bits per heavy atom. The summed E-state index contributed by atoms with van der Waals surface area (Å²) in [5, 5.41) is 29.3. The highest BCUT2D eigenvalue weighted by atomic mass is 16.3. The summed E-state index contributed by atoms with van der Waals surface area (Å²) in [5.74, 6) is -0.636. The van der Waals surface area contributed by atoms with E-state index in [0.717, 1.165) is 0 Å². The van der Waals surface area contributed by atoms with Crippen molar-refractivity contribution in [1.29, 1.82) is 0 Å². The van der Waals surface area contributed by atoms with Gasteiger partial charge >= 0.3 is 0 Å². The molecule has 1 aliphatic heterocycles. The molecule has 1 heterocycles. The molecule has 64 valence electrons. The Balaban J connectivity index is 2.67. The Hall–Kier alpha value is -0.650. The molecule has 1 amide bonds. The molecule has 4 N–H and O–H groups in total. The number of aliphatic hydroxyl groups excluding tert-OH is 3. The molecule has 0 bridgehead atoms. The van der Waals surface area contributed by atoms with Crippen molar-refractivity contribution in [3.8, 4) is 0 Å². The molecule has 5 nitrogen and oxygen atoms in total. The van der Waals surface area contributed by atoms with Crippen molar-refractivity contribution in [3.05, 3.63) is 0 Å². The molecule has 1 fully saturated rings. The fraction of sp³-hybridized carbons (Fsp3) is 0.833. The number of hydrogen-bond donors (Lipinski definition) is 4. The van der Waals surface area contributed by atoms with Crippen LogP contribution in [-0.4, -0.2) is 45.6 Å². The lowest BCUT2D eigenvalue weighted by atomic mass is 10.1. The van der Waals surface area contributed by atoms with Gasteiger partial charge in [0.2, 0.25) is 0 Å². The molecule has 0 radical (unpaired) electrons. The summed E-state index contributed by atoms with van der Waals surface area (Å²) in [6, 6.07) is -0.752. The zero-order valence-corrected chi connectivity index (χ0v) is 6.06. The first kappa shape index (κ1) is 8.45. The van der Waals surface area contributed by atoms with Gasteiger partial charge in [0.05, 0.1) is 12.1 Å². The second-order valence-electron chi connectivity index (χ2n) is 2.71. The third kappa shape index (κ3) is 1.35. The number of amides is 1. The minimum atomic E-state index is -1.41. The Morgan fingerprint density at radius 1 is 1.55 bits per heavy atom. The summed E-state index contributed by atoms with van der Waals surface area (Å²) in [6.07, 6.45) is -3.47. The third-order valence-electron chi connectivity index (χ3n) is 1.79. The molecule has 5 heteroatoms. The summed E-state index contributed by atoms with van der Waals surface area (Å²) in [5.41, 5.74) is 0. The molecule has 0 aromatic heterocycles. The molecule has 1 rings (SSSR count). The van der Waals surface area contributed by atoms with E-state index in [1.54, 1.807) is 0 Å². The highest BCUT2D eigenvalue weighted by Crippen LogP contribution is 2.11. The number of hydrogen-bond acceptors (Lipinski definition) is 4. The lowest BCUT2D eigenvalue weighted by Crippen LogP contribution is -2.41. The Labute approximate surface area is 63.7 Å². The normalized spacial score (nSPS) is 40.4. The number of carbonyl (C=O) groups is 1. The van der Waals surface area contributed by atoms with Gasteiger partial charge < -0.3 is 20.6 Å². The van der Waals surface area contributed by atoms with Crippen molar-refractivity contribution in [2.75, 3.05) is 0 Å². The van der Waals surface area contributed by atoms with Crippen molar-refractivity contribution < 1.29 is 20.1 Å². The van der Waals surface area contributed by atoms with Crippen LogP contribution < -0.4 is 5.32 Å². The van der Waals surface area contributed by atoms with Crippen LogP contribution in [0.4, 0.5) is 0 Å². The van der Waals surface area contributed by atoms with Gasteiger partial charge in [-0.2, -0.15) is 0 Å². The third-order valence-corrected chi connectivity index (χ3v) is 1.79. The predicted molar refractivity (Wildman–Crippen MR) is 35.6 cm³/mol. The molecule has 0 unspecified atom stereocenters. The van der Waals surface area contributed by atoms with Gasteiger partial charge in [-0.3, -0.25) is 4.79 Å². The quantitative estimate of drug-likeness (QED) is 0.345. The first-order valence-electron chi connectivity index (χ1n) is 3.38. The van der Waals surface area contributed by atoms with E-state index >= 15 is 0 Å². The van der Waals surface area contributed by atoms with Crippen molar-refractivity contribution in [1.82, 2.24) is 5.32 Å². The molecule has 4 atom stereocenters. The number of nitrogens with one attached hydrogen (secondary N) is 1. The van der Waals surface area contributed by atoms with Gasteiger partial charge in [0.1, 0.15) is 6.10 Å². The van der Waals surface area contributed by atoms with E-state index in [2.05, 4.69) is 5.32 Å². The van der Waals surface area contributed by atoms with E-state index in [0.29, 0.717) is 0 Å². The molecule has 0 spiro atoms. The lowest BCUT2D eigenvalue weighted by Gasteiger charge is -2.17. The smallest absolute Gasteiger partial charge is 0.252 e. The summed E-state index contributed by atoms with van der Waals surface area (Å²) in [4.78, 5) is 10.7. The van der Waals surface area contributed by atoms with Crippen molar-refractivity contribution in [3.63, 3.8) is 0 Å². The van der Waals surface area contributed by atoms with E-state index in [-0.39, 0.29) is 0 Å². The average Bonchev–Trinajstić information content (AvgIpc) is 2.17. The molecule has 1 aliphatic rings. The van der Waals surface area contributed by atoms with Crippen molar-refractivity contribution in [2.24, 2.45) is 0 Å². The Morgan fingerprint density at radius 2 is 2.09 bits per heavy atom. The minimum absolute atomic E-state index is 0.636. The van der Waals surface area contributed by atoms with Crippen LogP contribution in [0.3, 0.4) is 0 Å². The van der Waals surface area contributed by atoms with Gasteiger partial charge in [-0.1, -0.05) is 0 Å². The molecule has 0 aliphatic carbocycles. The van der Waals surface area contributed by atoms with Crippen LogP contribution in [0.25, 0.3) is 0 Å². The molecule has 11 heavy (non-hydrogen) atoms. The SMILES string of the molecule is C[C@H](O)[C@H]1NC(=O)[C@H](O)[C@@H]1O.